The number of allylic oxidation sites excluding steroid dienone is 1. The fraction of sp³-hybridized carbons (Fsp3) is 0.860. The van der Waals surface area contributed by atoms with E-state index in [1.54, 1.807) is 0 Å². The van der Waals surface area contributed by atoms with Crippen LogP contribution in [0.4, 0.5) is 0 Å². The summed E-state index contributed by atoms with van der Waals surface area (Å²) in [6.07, 6.45) is 12.2. The van der Waals surface area contributed by atoms with Crippen LogP contribution in [0.25, 0.3) is 0 Å². The van der Waals surface area contributed by atoms with Crippen molar-refractivity contribution in [2.45, 2.75) is 151 Å². The van der Waals surface area contributed by atoms with Crippen molar-refractivity contribution in [2.75, 3.05) is 19.8 Å². The molecule has 0 spiro atoms. The van der Waals surface area contributed by atoms with Gasteiger partial charge in [-0.2, -0.15) is 5.10 Å². The molecule has 10 nitrogen and oxygen atoms in total. The number of hydrogen-bond acceptors (Lipinski definition) is 7. The number of nitrogens with zero attached hydrogens (tertiary/aromatic N) is 3. The Morgan fingerprint density at radius 2 is 1.79 bits per heavy atom. The molecule has 1 amide bonds. The molecular formula is C43H69N5O5. The van der Waals surface area contributed by atoms with Gasteiger partial charge >= 0.3 is 5.97 Å². The number of carbonyl (C=O) groups excluding carboxylic acids is 1. The lowest BCUT2D eigenvalue weighted by Crippen LogP contribution is -2.69. The number of ether oxygens (including phenoxy) is 2. The van der Waals surface area contributed by atoms with E-state index in [0.29, 0.717) is 43.9 Å². The quantitative estimate of drug-likeness (QED) is 0.211. The van der Waals surface area contributed by atoms with Crippen molar-refractivity contribution in [1.29, 1.82) is 0 Å². The first-order valence-corrected chi connectivity index (χ1v) is 20.9. The van der Waals surface area contributed by atoms with Gasteiger partial charge in [0.15, 0.2) is 0 Å². The Hall–Kier alpha value is -2.30. The number of carboxylic acid groups (broad SMARTS) is 1. The van der Waals surface area contributed by atoms with E-state index in [-0.39, 0.29) is 63.5 Å². The minimum absolute atomic E-state index is 0.176. The molecule has 0 unspecified atom stereocenters. The Labute approximate surface area is 318 Å². The summed E-state index contributed by atoms with van der Waals surface area (Å²) < 4.78 is 15.7. The maximum absolute atomic E-state index is 13.8. The molecule has 1 saturated heterocycles. The van der Waals surface area contributed by atoms with Crippen molar-refractivity contribution >= 4 is 11.9 Å². The minimum Gasteiger partial charge on any atom is -0.481 e. The zero-order valence-electron chi connectivity index (χ0n) is 34.3. The first-order valence-electron chi connectivity index (χ1n) is 20.9. The minimum atomic E-state index is -0.643. The van der Waals surface area contributed by atoms with Crippen molar-refractivity contribution in [3.05, 3.63) is 23.8 Å². The lowest BCUT2D eigenvalue weighted by atomic mass is 9.34. The van der Waals surface area contributed by atoms with Crippen LogP contribution < -0.4 is 11.1 Å². The maximum atomic E-state index is 13.8. The number of aromatic nitrogens is 3. The number of nitrogens with one attached hydrogen (secondary N) is 1. The first kappa shape index (κ1) is 39.0. The number of amides is 1. The largest absolute Gasteiger partial charge is 0.481 e. The highest BCUT2D eigenvalue weighted by atomic mass is 16.5. The van der Waals surface area contributed by atoms with Crippen molar-refractivity contribution in [3.8, 4) is 0 Å². The molecule has 12 atom stereocenters. The zero-order valence-corrected chi connectivity index (χ0v) is 34.3. The van der Waals surface area contributed by atoms with E-state index in [1.807, 2.05) is 4.68 Å². The Balaban J connectivity index is 1.32. The summed E-state index contributed by atoms with van der Waals surface area (Å²) in [4.78, 5) is 31.9. The second-order valence-corrected chi connectivity index (χ2v) is 20.6. The van der Waals surface area contributed by atoms with Crippen molar-refractivity contribution in [1.82, 2.24) is 20.1 Å². The van der Waals surface area contributed by atoms with Gasteiger partial charge in [0.25, 0.3) is 5.91 Å². The molecule has 2 bridgehead atoms. The molecule has 1 aromatic heterocycles. The SMILES string of the molecule is CC(C)[C@@H](C)[C@@]1(C)CC[C@]2(C)[C@H]3CC[C@@H]4[C@@]5(COC[C@@]4(C)[C@@H](OC[C@](C)(N)C(C)C)[C@H](n4ncnc4C(=O)NC4CCC4)C5)C3=CC[C@@]2(C)[C@@H]1C(=O)O. The van der Waals surface area contributed by atoms with Crippen LogP contribution in [0.15, 0.2) is 18.0 Å². The molecule has 4 N–H and O–H groups in total. The zero-order chi connectivity index (χ0) is 38.5. The van der Waals surface area contributed by atoms with Gasteiger partial charge in [0.1, 0.15) is 6.33 Å². The first-order chi connectivity index (χ1) is 24.8. The van der Waals surface area contributed by atoms with Gasteiger partial charge in [-0.15, -0.1) is 0 Å². The molecule has 5 aliphatic carbocycles. The number of rotatable bonds is 10. The van der Waals surface area contributed by atoms with E-state index in [0.717, 1.165) is 51.4 Å². The number of carboxylic acids is 1. The molecule has 5 fully saturated rings. The predicted molar refractivity (Wildman–Crippen MR) is 205 cm³/mol. The average Bonchev–Trinajstić information content (AvgIpc) is 3.55. The van der Waals surface area contributed by atoms with E-state index in [2.05, 4.69) is 85.6 Å². The Morgan fingerprint density at radius 1 is 1.08 bits per heavy atom. The third kappa shape index (κ3) is 5.63. The second-order valence-electron chi connectivity index (χ2n) is 20.6. The molecule has 0 radical (unpaired) electrons. The summed E-state index contributed by atoms with van der Waals surface area (Å²) in [7, 11) is 0. The van der Waals surface area contributed by atoms with Crippen molar-refractivity contribution < 1.29 is 24.2 Å². The smallest absolute Gasteiger partial charge is 0.307 e. The average molecular weight is 736 g/mol. The highest BCUT2D eigenvalue weighted by Gasteiger charge is 2.72. The van der Waals surface area contributed by atoms with Gasteiger partial charge in [-0.1, -0.05) is 74.0 Å². The number of aliphatic carboxylic acids is 1. The lowest BCUT2D eigenvalue weighted by molar-refractivity contribution is -0.252. The van der Waals surface area contributed by atoms with Crippen LogP contribution in [0, 0.1) is 62.6 Å². The van der Waals surface area contributed by atoms with Gasteiger partial charge in [0, 0.05) is 22.4 Å². The summed E-state index contributed by atoms with van der Waals surface area (Å²) in [6.45, 7) is 24.0. The summed E-state index contributed by atoms with van der Waals surface area (Å²) in [5.41, 5.74) is 6.22. The van der Waals surface area contributed by atoms with E-state index >= 15 is 0 Å². The number of fused-ring (bicyclic) bond motifs is 3. The molecule has 2 heterocycles. The van der Waals surface area contributed by atoms with Crippen LogP contribution in [0.3, 0.4) is 0 Å². The van der Waals surface area contributed by atoms with Gasteiger partial charge < -0.3 is 25.6 Å². The molecule has 1 aliphatic heterocycles. The topological polar surface area (TPSA) is 142 Å². The lowest BCUT2D eigenvalue weighted by Gasteiger charge is -2.71. The van der Waals surface area contributed by atoms with Crippen LogP contribution in [0.2, 0.25) is 0 Å². The summed E-state index contributed by atoms with van der Waals surface area (Å²) in [5, 5.41) is 19.2. The van der Waals surface area contributed by atoms with Crippen molar-refractivity contribution in [3.63, 3.8) is 0 Å². The van der Waals surface area contributed by atoms with Crippen LogP contribution in [-0.4, -0.2) is 69.3 Å². The van der Waals surface area contributed by atoms with Crippen LogP contribution in [-0.2, 0) is 14.3 Å². The van der Waals surface area contributed by atoms with Gasteiger partial charge in [0.05, 0.1) is 37.9 Å². The van der Waals surface area contributed by atoms with E-state index < -0.39 is 22.8 Å². The van der Waals surface area contributed by atoms with Crippen LogP contribution >= 0.6 is 0 Å². The summed E-state index contributed by atoms with van der Waals surface area (Å²) >= 11 is 0. The third-order valence-corrected chi connectivity index (χ3v) is 17.5. The highest BCUT2D eigenvalue weighted by Crippen LogP contribution is 2.75. The van der Waals surface area contributed by atoms with E-state index in [1.165, 1.54) is 11.9 Å². The fourth-order valence-corrected chi connectivity index (χ4v) is 13.0. The molecule has 1 aromatic rings. The predicted octanol–water partition coefficient (Wildman–Crippen LogP) is 7.45. The fourth-order valence-electron chi connectivity index (χ4n) is 13.0. The Morgan fingerprint density at radius 3 is 2.42 bits per heavy atom. The molecule has 53 heavy (non-hydrogen) atoms. The van der Waals surface area contributed by atoms with E-state index in [9.17, 15) is 14.7 Å². The monoisotopic (exact) mass is 736 g/mol. The normalized spacial score (nSPS) is 42.7. The van der Waals surface area contributed by atoms with Crippen molar-refractivity contribution in [2.24, 2.45) is 68.3 Å². The molecular weight excluding hydrogens is 667 g/mol. The van der Waals surface area contributed by atoms with Gasteiger partial charge in [-0.3, -0.25) is 9.59 Å². The molecule has 0 aromatic carbocycles. The van der Waals surface area contributed by atoms with Crippen LogP contribution in [0.5, 0.6) is 0 Å². The highest BCUT2D eigenvalue weighted by molar-refractivity contribution is 5.90. The number of hydrogen-bond donors (Lipinski definition) is 3. The van der Waals surface area contributed by atoms with Crippen LogP contribution in [0.1, 0.15) is 144 Å². The number of nitrogens with two attached hydrogens (primary N) is 1. The molecule has 10 heteroatoms. The summed E-state index contributed by atoms with van der Waals surface area (Å²) in [5.74, 6) is 0.521. The third-order valence-electron chi connectivity index (χ3n) is 17.5. The maximum Gasteiger partial charge on any atom is 0.307 e. The molecule has 296 valence electrons. The molecule has 6 aliphatic rings. The Kier molecular flexibility index (Phi) is 9.66. The van der Waals surface area contributed by atoms with Gasteiger partial charge in [-0.05, 0) is 111 Å². The standard InChI is InChI=1S/C43H69N5O5/c1-25(2)27(5)38(6)18-19-40(8)29-14-15-32-39(7)21-52-23-43(32,30(29)16-17-41(40,9)33(38)37(50)51)20-31(34(39)53-22-42(10,44)26(3)4)48-35(45-24-46-48)36(49)47-28-12-11-13-28/h16,24-29,31-34H,11-15,17-23,44H2,1-10H3,(H,47,49)(H,50,51)/t27-,29+,31-,32+,33-,34+,38-,39-,40-,41+,42+,43+/m1/s1. The summed E-state index contributed by atoms with van der Waals surface area (Å²) in [6, 6.07) is -0.0813. The molecule has 7 rings (SSSR count). The Bertz CT molecular complexity index is 1620. The molecule has 4 saturated carbocycles. The van der Waals surface area contributed by atoms with E-state index in [4.69, 9.17) is 20.3 Å². The second kappa shape index (κ2) is 13.1. The van der Waals surface area contributed by atoms with Gasteiger partial charge in [0.2, 0.25) is 5.82 Å². The van der Waals surface area contributed by atoms with Gasteiger partial charge in [-0.25, -0.2) is 9.67 Å². The number of carbonyl (C=O) groups is 2.